The average molecular weight is 217 g/mol. The predicted molar refractivity (Wildman–Crippen MR) is 66.9 cm³/mol. The van der Waals surface area contributed by atoms with Crippen LogP contribution >= 0.6 is 0 Å². The van der Waals surface area contributed by atoms with Crippen molar-refractivity contribution in [2.45, 2.75) is 47.6 Å². The standard InChI is InChI=1S/C13H19N3/c1-7(2)16-11(6)8(3)12-9(4)14-15-10(5)13(12)16/h7H,1-6H3. The van der Waals surface area contributed by atoms with Crippen LogP contribution in [0.2, 0.25) is 0 Å². The van der Waals surface area contributed by atoms with Crippen LogP contribution in [0.15, 0.2) is 0 Å². The van der Waals surface area contributed by atoms with Gasteiger partial charge in [0.1, 0.15) is 0 Å². The fourth-order valence-corrected chi connectivity index (χ4v) is 2.52. The van der Waals surface area contributed by atoms with E-state index in [1.165, 1.54) is 22.2 Å². The van der Waals surface area contributed by atoms with Gasteiger partial charge in [-0.3, -0.25) is 0 Å². The van der Waals surface area contributed by atoms with E-state index in [0.717, 1.165) is 11.4 Å². The van der Waals surface area contributed by atoms with Gasteiger partial charge in [-0.2, -0.15) is 10.2 Å². The second-order valence-corrected chi connectivity index (χ2v) is 4.77. The number of aryl methyl sites for hydroxylation is 3. The van der Waals surface area contributed by atoms with E-state index in [1.807, 2.05) is 13.8 Å². The predicted octanol–water partition coefficient (Wildman–Crippen LogP) is 3.25. The molecule has 2 rings (SSSR count). The molecule has 0 aromatic carbocycles. The molecule has 16 heavy (non-hydrogen) atoms. The zero-order valence-corrected chi connectivity index (χ0v) is 10.9. The smallest absolute Gasteiger partial charge is 0.0843 e. The van der Waals surface area contributed by atoms with Crippen LogP contribution in [0.4, 0.5) is 0 Å². The Labute approximate surface area is 96.5 Å². The molecular weight excluding hydrogens is 198 g/mol. The zero-order valence-electron chi connectivity index (χ0n) is 10.9. The molecule has 0 N–H and O–H groups in total. The summed E-state index contributed by atoms with van der Waals surface area (Å²) in [7, 11) is 0. The van der Waals surface area contributed by atoms with Crippen LogP contribution in [-0.2, 0) is 0 Å². The van der Waals surface area contributed by atoms with Gasteiger partial charge in [-0.05, 0) is 47.1 Å². The lowest BCUT2D eigenvalue weighted by Crippen LogP contribution is -2.05. The van der Waals surface area contributed by atoms with Crippen molar-refractivity contribution in [3.8, 4) is 0 Å². The van der Waals surface area contributed by atoms with Gasteiger partial charge in [0, 0.05) is 17.1 Å². The molecule has 0 bridgehead atoms. The molecule has 0 spiro atoms. The molecule has 0 fully saturated rings. The maximum Gasteiger partial charge on any atom is 0.0843 e. The largest absolute Gasteiger partial charge is 0.341 e. The maximum atomic E-state index is 4.23. The third-order valence-corrected chi connectivity index (χ3v) is 3.33. The highest BCUT2D eigenvalue weighted by atomic mass is 15.1. The fourth-order valence-electron chi connectivity index (χ4n) is 2.52. The first-order valence-corrected chi connectivity index (χ1v) is 5.76. The van der Waals surface area contributed by atoms with Gasteiger partial charge >= 0.3 is 0 Å². The van der Waals surface area contributed by atoms with Gasteiger partial charge in [-0.15, -0.1) is 0 Å². The summed E-state index contributed by atoms with van der Waals surface area (Å²) in [6, 6.07) is 0.457. The minimum atomic E-state index is 0.457. The summed E-state index contributed by atoms with van der Waals surface area (Å²) in [6.45, 7) is 12.8. The molecule has 86 valence electrons. The zero-order chi connectivity index (χ0) is 12.0. The van der Waals surface area contributed by atoms with Gasteiger partial charge in [0.05, 0.1) is 16.9 Å². The van der Waals surface area contributed by atoms with E-state index in [4.69, 9.17) is 0 Å². The van der Waals surface area contributed by atoms with Crippen molar-refractivity contribution in [2.75, 3.05) is 0 Å². The van der Waals surface area contributed by atoms with Gasteiger partial charge in [0.2, 0.25) is 0 Å². The molecule has 0 saturated carbocycles. The first-order chi connectivity index (χ1) is 7.45. The summed E-state index contributed by atoms with van der Waals surface area (Å²) >= 11 is 0. The molecular formula is C13H19N3. The molecule has 0 unspecified atom stereocenters. The lowest BCUT2D eigenvalue weighted by atomic mass is 10.1. The summed E-state index contributed by atoms with van der Waals surface area (Å²) in [5.74, 6) is 0. The summed E-state index contributed by atoms with van der Waals surface area (Å²) in [5.41, 5.74) is 5.95. The van der Waals surface area contributed by atoms with Crippen LogP contribution in [0.1, 0.15) is 42.5 Å². The van der Waals surface area contributed by atoms with Crippen molar-refractivity contribution in [3.63, 3.8) is 0 Å². The minimum Gasteiger partial charge on any atom is -0.341 e. The molecule has 0 atom stereocenters. The van der Waals surface area contributed by atoms with Crippen molar-refractivity contribution in [1.82, 2.24) is 14.8 Å². The van der Waals surface area contributed by atoms with Crippen LogP contribution in [-0.4, -0.2) is 14.8 Å². The van der Waals surface area contributed by atoms with Gasteiger partial charge < -0.3 is 4.57 Å². The molecule has 2 heterocycles. The molecule has 3 nitrogen and oxygen atoms in total. The summed E-state index contributed by atoms with van der Waals surface area (Å²) in [6.07, 6.45) is 0. The lowest BCUT2D eigenvalue weighted by molar-refractivity contribution is 0.604. The van der Waals surface area contributed by atoms with Gasteiger partial charge in [0.15, 0.2) is 0 Å². The molecule has 0 aliphatic heterocycles. The van der Waals surface area contributed by atoms with Gasteiger partial charge in [0.25, 0.3) is 0 Å². The van der Waals surface area contributed by atoms with Gasteiger partial charge in [-0.25, -0.2) is 0 Å². The number of rotatable bonds is 1. The molecule has 2 aromatic heterocycles. The number of fused-ring (bicyclic) bond motifs is 1. The van der Waals surface area contributed by atoms with Crippen molar-refractivity contribution >= 4 is 10.9 Å². The first-order valence-electron chi connectivity index (χ1n) is 5.76. The van der Waals surface area contributed by atoms with Gasteiger partial charge in [-0.1, -0.05) is 0 Å². The van der Waals surface area contributed by atoms with Crippen molar-refractivity contribution in [3.05, 3.63) is 22.6 Å². The van der Waals surface area contributed by atoms with Crippen LogP contribution in [0.5, 0.6) is 0 Å². The monoisotopic (exact) mass is 217 g/mol. The second kappa shape index (κ2) is 3.58. The van der Waals surface area contributed by atoms with Crippen molar-refractivity contribution < 1.29 is 0 Å². The molecule has 0 saturated heterocycles. The van der Waals surface area contributed by atoms with E-state index in [9.17, 15) is 0 Å². The van der Waals surface area contributed by atoms with E-state index in [1.54, 1.807) is 0 Å². The molecule has 0 amide bonds. The molecule has 0 radical (unpaired) electrons. The van der Waals surface area contributed by atoms with Crippen molar-refractivity contribution in [2.24, 2.45) is 0 Å². The SMILES string of the molecule is Cc1nnc(C)c2c1c(C)c(C)n2C(C)C. The Morgan fingerprint density at radius 1 is 0.938 bits per heavy atom. The second-order valence-electron chi connectivity index (χ2n) is 4.77. The van der Waals surface area contributed by atoms with E-state index in [2.05, 4.69) is 42.5 Å². The molecule has 2 aromatic rings. The Morgan fingerprint density at radius 2 is 1.50 bits per heavy atom. The van der Waals surface area contributed by atoms with E-state index in [0.29, 0.717) is 6.04 Å². The third-order valence-electron chi connectivity index (χ3n) is 3.33. The molecule has 3 heteroatoms. The summed E-state index contributed by atoms with van der Waals surface area (Å²) in [4.78, 5) is 0. The maximum absolute atomic E-state index is 4.23. The van der Waals surface area contributed by atoms with E-state index in [-0.39, 0.29) is 0 Å². The Morgan fingerprint density at radius 3 is 2.06 bits per heavy atom. The van der Waals surface area contributed by atoms with E-state index >= 15 is 0 Å². The number of hydrogen-bond acceptors (Lipinski definition) is 2. The number of aromatic nitrogens is 3. The highest BCUT2D eigenvalue weighted by Gasteiger charge is 2.17. The molecule has 0 aliphatic rings. The van der Waals surface area contributed by atoms with Crippen LogP contribution < -0.4 is 0 Å². The van der Waals surface area contributed by atoms with Crippen LogP contribution in [0.25, 0.3) is 10.9 Å². The Balaban J connectivity index is 3.02. The lowest BCUT2D eigenvalue weighted by Gasteiger charge is -2.13. The normalized spacial score (nSPS) is 11.7. The number of hydrogen-bond donors (Lipinski definition) is 0. The first kappa shape index (κ1) is 11.1. The number of nitrogens with zero attached hydrogens (tertiary/aromatic N) is 3. The van der Waals surface area contributed by atoms with Crippen LogP contribution in [0, 0.1) is 27.7 Å². The van der Waals surface area contributed by atoms with Crippen LogP contribution in [0.3, 0.4) is 0 Å². The minimum absolute atomic E-state index is 0.457. The Hall–Kier alpha value is -1.38. The summed E-state index contributed by atoms with van der Waals surface area (Å²) < 4.78 is 2.36. The quantitative estimate of drug-likeness (QED) is 0.734. The van der Waals surface area contributed by atoms with E-state index < -0.39 is 0 Å². The molecule has 0 aliphatic carbocycles. The fraction of sp³-hybridized carbons (Fsp3) is 0.538. The third kappa shape index (κ3) is 1.34. The Kier molecular flexibility index (Phi) is 2.49. The summed E-state index contributed by atoms with van der Waals surface area (Å²) in [5, 5.41) is 9.73. The average Bonchev–Trinajstić information content (AvgIpc) is 2.47. The highest BCUT2D eigenvalue weighted by molar-refractivity contribution is 5.88. The Bertz CT molecular complexity index is 550. The topological polar surface area (TPSA) is 30.7 Å². The van der Waals surface area contributed by atoms with Crippen molar-refractivity contribution in [1.29, 1.82) is 0 Å². The highest BCUT2D eigenvalue weighted by Crippen LogP contribution is 2.30.